The number of aromatic nitrogens is 1. The number of rotatable bonds is 4. The molecule has 0 aliphatic carbocycles. The summed E-state index contributed by atoms with van der Waals surface area (Å²) in [4.78, 5) is 13.3. The molecule has 0 unspecified atom stereocenters. The molecule has 3 aromatic rings. The molecule has 0 aliphatic rings. The highest BCUT2D eigenvalue weighted by Gasteiger charge is 2.09. The van der Waals surface area contributed by atoms with Gasteiger partial charge in [0.15, 0.2) is 0 Å². The number of nitrogens with zero attached hydrogens (tertiary/aromatic N) is 1. The maximum absolute atomic E-state index is 10.7. The number of non-ortho nitro benzene ring substituents is 1. The normalized spacial score (nSPS) is 10.7. The van der Waals surface area contributed by atoms with Crippen LogP contribution in [0.5, 0.6) is 0 Å². The first-order chi connectivity index (χ1) is 10.1. The van der Waals surface area contributed by atoms with Crippen LogP contribution in [0.25, 0.3) is 10.9 Å². The largest absolute Gasteiger partial charge is 0.380 e. The molecule has 0 atom stereocenters. The second kappa shape index (κ2) is 5.46. The van der Waals surface area contributed by atoms with E-state index in [0.29, 0.717) is 17.3 Å². The van der Waals surface area contributed by atoms with Crippen molar-refractivity contribution in [2.75, 3.05) is 5.32 Å². The van der Waals surface area contributed by atoms with Crippen LogP contribution in [-0.4, -0.2) is 9.91 Å². The number of benzene rings is 2. The van der Waals surface area contributed by atoms with Crippen molar-refractivity contribution in [3.05, 3.63) is 69.4 Å². The van der Waals surface area contributed by atoms with Gasteiger partial charge in [-0.2, -0.15) is 0 Å². The fraction of sp³-hybridized carbons (Fsp3) is 0.0667. The molecule has 0 fully saturated rings. The van der Waals surface area contributed by atoms with E-state index in [0.717, 1.165) is 16.5 Å². The minimum atomic E-state index is -0.463. The van der Waals surface area contributed by atoms with E-state index in [1.807, 2.05) is 24.4 Å². The minimum absolute atomic E-state index is 0.0145. The Morgan fingerprint density at radius 3 is 2.81 bits per heavy atom. The number of H-pyrrole nitrogens is 1. The minimum Gasteiger partial charge on any atom is -0.380 e. The van der Waals surface area contributed by atoms with Gasteiger partial charge in [0.2, 0.25) is 0 Å². The highest BCUT2D eigenvalue weighted by molar-refractivity contribution is 6.33. The van der Waals surface area contributed by atoms with Crippen molar-refractivity contribution in [3.8, 4) is 0 Å². The van der Waals surface area contributed by atoms with E-state index < -0.39 is 4.92 Å². The Hall–Kier alpha value is -2.53. The van der Waals surface area contributed by atoms with Gasteiger partial charge in [-0.25, -0.2) is 0 Å². The van der Waals surface area contributed by atoms with Crippen molar-refractivity contribution in [2.24, 2.45) is 0 Å². The number of aromatic amines is 1. The number of hydrogen-bond donors (Lipinski definition) is 2. The smallest absolute Gasteiger partial charge is 0.271 e. The van der Waals surface area contributed by atoms with Gasteiger partial charge in [-0.3, -0.25) is 10.1 Å². The fourth-order valence-electron chi connectivity index (χ4n) is 2.17. The lowest BCUT2D eigenvalue weighted by Crippen LogP contribution is -2.00. The van der Waals surface area contributed by atoms with Gasteiger partial charge >= 0.3 is 0 Å². The molecule has 1 aromatic heterocycles. The van der Waals surface area contributed by atoms with Gasteiger partial charge in [-0.05, 0) is 35.2 Å². The van der Waals surface area contributed by atoms with Gasteiger partial charge < -0.3 is 10.3 Å². The maximum Gasteiger partial charge on any atom is 0.271 e. The van der Waals surface area contributed by atoms with Gasteiger partial charge in [0.05, 0.1) is 15.6 Å². The first-order valence-electron chi connectivity index (χ1n) is 6.37. The molecule has 0 saturated heterocycles. The number of halogens is 1. The van der Waals surface area contributed by atoms with Crippen molar-refractivity contribution in [3.63, 3.8) is 0 Å². The van der Waals surface area contributed by atoms with Crippen molar-refractivity contribution < 1.29 is 4.92 Å². The molecular formula is C15H12ClN3O2. The third kappa shape index (κ3) is 2.83. The summed E-state index contributed by atoms with van der Waals surface area (Å²) in [6.07, 6.45) is 1.90. The van der Waals surface area contributed by atoms with E-state index in [1.54, 1.807) is 6.07 Å². The van der Waals surface area contributed by atoms with Gasteiger partial charge in [0, 0.05) is 30.4 Å². The molecule has 106 valence electrons. The van der Waals surface area contributed by atoms with E-state index in [-0.39, 0.29) is 5.69 Å². The first-order valence-corrected chi connectivity index (χ1v) is 6.75. The topological polar surface area (TPSA) is 71.0 Å². The standard InChI is InChI=1S/C15H12ClN3O2/c16-13-8-12(19(20)21)2-4-15(13)18-9-10-1-3-14-11(7-10)5-6-17-14/h1-8,17-18H,9H2. The summed E-state index contributed by atoms with van der Waals surface area (Å²) in [6, 6.07) is 12.5. The fourth-order valence-corrected chi connectivity index (χ4v) is 2.41. The Morgan fingerprint density at radius 2 is 2.05 bits per heavy atom. The molecule has 0 saturated carbocycles. The number of hydrogen-bond acceptors (Lipinski definition) is 3. The molecule has 5 nitrogen and oxygen atoms in total. The molecule has 21 heavy (non-hydrogen) atoms. The van der Waals surface area contributed by atoms with Crippen molar-refractivity contribution in [1.82, 2.24) is 4.98 Å². The van der Waals surface area contributed by atoms with E-state index >= 15 is 0 Å². The third-order valence-electron chi connectivity index (χ3n) is 3.26. The summed E-state index contributed by atoms with van der Waals surface area (Å²) >= 11 is 6.05. The van der Waals surface area contributed by atoms with Gasteiger partial charge in [-0.1, -0.05) is 17.7 Å². The summed E-state index contributed by atoms with van der Waals surface area (Å²) in [5.41, 5.74) is 2.86. The highest BCUT2D eigenvalue weighted by atomic mass is 35.5. The van der Waals surface area contributed by atoms with Gasteiger partial charge in [-0.15, -0.1) is 0 Å². The quantitative estimate of drug-likeness (QED) is 0.556. The van der Waals surface area contributed by atoms with E-state index in [9.17, 15) is 10.1 Å². The number of nitro benzene ring substituents is 1. The van der Waals surface area contributed by atoms with Crippen LogP contribution in [0, 0.1) is 10.1 Å². The Balaban J connectivity index is 1.76. The van der Waals surface area contributed by atoms with Crippen LogP contribution in [0.3, 0.4) is 0 Å². The zero-order valence-corrected chi connectivity index (χ0v) is 11.7. The number of anilines is 1. The van der Waals surface area contributed by atoms with E-state index in [1.165, 1.54) is 12.1 Å². The molecule has 0 aliphatic heterocycles. The summed E-state index contributed by atoms with van der Waals surface area (Å²) in [6.45, 7) is 0.596. The first kappa shape index (κ1) is 13.5. The van der Waals surface area contributed by atoms with Gasteiger partial charge in [0.25, 0.3) is 5.69 Å². The summed E-state index contributed by atoms with van der Waals surface area (Å²) in [7, 11) is 0. The van der Waals surface area contributed by atoms with Crippen LogP contribution in [0.4, 0.5) is 11.4 Å². The Kier molecular flexibility index (Phi) is 3.50. The Labute approximate surface area is 125 Å². The molecule has 6 heteroatoms. The van der Waals surface area contributed by atoms with Crippen LogP contribution < -0.4 is 5.32 Å². The van der Waals surface area contributed by atoms with Crippen molar-refractivity contribution >= 4 is 33.9 Å². The summed E-state index contributed by atoms with van der Waals surface area (Å²) in [5, 5.41) is 15.3. The van der Waals surface area contributed by atoms with Crippen LogP contribution >= 0.6 is 11.6 Å². The molecule has 0 spiro atoms. The molecule has 2 aromatic carbocycles. The maximum atomic E-state index is 10.7. The van der Waals surface area contributed by atoms with Crippen LogP contribution in [-0.2, 0) is 6.54 Å². The van der Waals surface area contributed by atoms with E-state index in [2.05, 4.69) is 16.4 Å². The lowest BCUT2D eigenvalue weighted by Gasteiger charge is -2.08. The summed E-state index contributed by atoms with van der Waals surface area (Å²) < 4.78 is 0. The second-order valence-corrected chi connectivity index (χ2v) is 5.08. The molecular weight excluding hydrogens is 290 g/mol. The average molecular weight is 302 g/mol. The average Bonchev–Trinajstić information content (AvgIpc) is 2.93. The zero-order chi connectivity index (χ0) is 14.8. The zero-order valence-electron chi connectivity index (χ0n) is 11.0. The SMILES string of the molecule is O=[N+]([O-])c1ccc(NCc2ccc3[nH]ccc3c2)c(Cl)c1. The predicted molar refractivity (Wildman–Crippen MR) is 83.7 cm³/mol. The molecule has 1 heterocycles. The monoisotopic (exact) mass is 301 g/mol. The second-order valence-electron chi connectivity index (χ2n) is 4.67. The van der Waals surface area contributed by atoms with Crippen LogP contribution in [0.1, 0.15) is 5.56 Å². The lowest BCUT2D eigenvalue weighted by atomic mass is 10.1. The van der Waals surface area contributed by atoms with Crippen LogP contribution in [0.15, 0.2) is 48.7 Å². The number of fused-ring (bicyclic) bond motifs is 1. The molecule has 0 bridgehead atoms. The van der Waals surface area contributed by atoms with E-state index in [4.69, 9.17) is 11.6 Å². The predicted octanol–water partition coefficient (Wildman–Crippen LogP) is 4.34. The molecule has 0 amide bonds. The van der Waals surface area contributed by atoms with Crippen molar-refractivity contribution in [2.45, 2.75) is 6.54 Å². The molecule has 2 N–H and O–H groups in total. The molecule has 3 rings (SSSR count). The number of nitrogens with one attached hydrogen (secondary N) is 2. The third-order valence-corrected chi connectivity index (χ3v) is 3.58. The Morgan fingerprint density at radius 1 is 1.19 bits per heavy atom. The molecule has 0 radical (unpaired) electrons. The van der Waals surface area contributed by atoms with Gasteiger partial charge in [0.1, 0.15) is 0 Å². The number of nitro groups is 1. The lowest BCUT2D eigenvalue weighted by molar-refractivity contribution is -0.384. The van der Waals surface area contributed by atoms with Crippen LogP contribution in [0.2, 0.25) is 5.02 Å². The highest BCUT2D eigenvalue weighted by Crippen LogP contribution is 2.27. The van der Waals surface area contributed by atoms with Crippen molar-refractivity contribution in [1.29, 1.82) is 0 Å². The summed E-state index contributed by atoms with van der Waals surface area (Å²) in [5.74, 6) is 0. The Bertz CT molecular complexity index is 814.